The molecule has 132 valence electrons. The molecular formula is C20H25N3O2. The molecule has 3 N–H and O–H groups in total. The maximum atomic E-state index is 12.1. The lowest BCUT2D eigenvalue weighted by Crippen LogP contribution is -2.23. The number of aryl methyl sites for hydroxylation is 3. The zero-order chi connectivity index (χ0) is 18.4. The number of carbonyl (C=O) groups excluding carboxylic acids is 2. The zero-order valence-corrected chi connectivity index (χ0v) is 15.2. The van der Waals surface area contributed by atoms with Gasteiger partial charge in [0.1, 0.15) is 0 Å². The molecule has 0 saturated heterocycles. The summed E-state index contributed by atoms with van der Waals surface area (Å²) in [5, 5.41) is 8.76. The Morgan fingerprint density at radius 1 is 0.960 bits per heavy atom. The van der Waals surface area contributed by atoms with Gasteiger partial charge in [0.05, 0.1) is 6.54 Å². The van der Waals surface area contributed by atoms with Crippen LogP contribution in [0.15, 0.2) is 36.4 Å². The lowest BCUT2D eigenvalue weighted by molar-refractivity contribution is -0.114. The molecule has 0 atom stereocenters. The smallest absolute Gasteiger partial charge is 0.251 e. The molecule has 0 fully saturated rings. The molecule has 2 amide bonds. The highest BCUT2D eigenvalue weighted by Crippen LogP contribution is 2.21. The van der Waals surface area contributed by atoms with Gasteiger partial charge in [0.25, 0.3) is 5.91 Å². The van der Waals surface area contributed by atoms with Crippen molar-refractivity contribution in [2.45, 2.75) is 27.7 Å². The first-order chi connectivity index (χ1) is 11.9. The molecule has 0 aliphatic heterocycles. The fraction of sp³-hybridized carbons (Fsp3) is 0.300. The Balaban J connectivity index is 1.93. The summed E-state index contributed by atoms with van der Waals surface area (Å²) in [7, 11) is 0. The van der Waals surface area contributed by atoms with Gasteiger partial charge in [-0.25, -0.2) is 0 Å². The van der Waals surface area contributed by atoms with Gasteiger partial charge in [-0.15, -0.1) is 0 Å². The average Bonchev–Trinajstić information content (AvgIpc) is 2.54. The van der Waals surface area contributed by atoms with Crippen molar-refractivity contribution in [3.8, 4) is 0 Å². The molecule has 0 aromatic heterocycles. The lowest BCUT2D eigenvalue weighted by atomic mass is 10.1. The SMILES string of the molecule is CCNC(=O)c1ccc(NC(=O)CNc2c(C)cc(C)cc2C)cc1. The number of nitrogens with one attached hydrogen (secondary N) is 3. The van der Waals surface area contributed by atoms with Crippen LogP contribution in [0, 0.1) is 20.8 Å². The second-order valence-corrected chi connectivity index (χ2v) is 6.11. The first-order valence-corrected chi connectivity index (χ1v) is 8.40. The van der Waals surface area contributed by atoms with E-state index in [-0.39, 0.29) is 18.4 Å². The van der Waals surface area contributed by atoms with Crippen molar-refractivity contribution < 1.29 is 9.59 Å². The molecule has 2 rings (SSSR count). The van der Waals surface area contributed by atoms with Gasteiger partial charge in [-0.05, 0) is 63.1 Å². The summed E-state index contributed by atoms with van der Waals surface area (Å²) < 4.78 is 0. The van der Waals surface area contributed by atoms with Crippen LogP contribution < -0.4 is 16.0 Å². The molecule has 0 spiro atoms. The number of amides is 2. The predicted octanol–water partition coefficient (Wildman–Crippen LogP) is 3.41. The van der Waals surface area contributed by atoms with E-state index >= 15 is 0 Å². The summed E-state index contributed by atoms with van der Waals surface area (Å²) >= 11 is 0. The number of rotatable bonds is 6. The second kappa shape index (κ2) is 8.33. The van der Waals surface area contributed by atoms with Crippen LogP contribution in [-0.2, 0) is 4.79 Å². The van der Waals surface area contributed by atoms with Gasteiger partial charge < -0.3 is 16.0 Å². The topological polar surface area (TPSA) is 70.2 Å². The predicted molar refractivity (Wildman–Crippen MR) is 102 cm³/mol. The molecule has 0 unspecified atom stereocenters. The summed E-state index contributed by atoms with van der Waals surface area (Å²) in [5.41, 5.74) is 5.68. The van der Waals surface area contributed by atoms with Gasteiger partial charge in [0.15, 0.2) is 0 Å². The van der Waals surface area contributed by atoms with Crippen LogP contribution in [-0.4, -0.2) is 24.9 Å². The Morgan fingerprint density at radius 3 is 2.12 bits per heavy atom. The van der Waals surface area contributed by atoms with Crippen molar-refractivity contribution in [1.29, 1.82) is 0 Å². The standard InChI is InChI=1S/C20H25N3O2/c1-5-21-20(25)16-6-8-17(9-7-16)23-18(24)12-22-19-14(3)10-13(2)11-15(19)4/h6-11,22H,5,12H2,1-4H3,(H,21,25)(H,23,24). The van der Waals surface area contributed by atoms with E-state index in [1.165, 1.54) is 5.56 Å². The zero-order valence-electron chi connectivity index (χ0n) is 15.2. The molecule has 0 aliphatic rings. The van der Waals surface area contributed by atoms with Crippen LogP contribution in [0.3, 0.4) is 0 Å². The van der Waals surface area contributed by atoms with Crippen molar-refractivity contribution in [2.75, 3.05) is 23.7 Å². The van der Waals surface area contributed by atoms with E-state index in [1.54, 1.807) is 24.3 Å². The molecule has 0 saturated carbocycles. The van der Waals surface area contributed by atoms with Gasteiger partial charge in [0.2, 0.25) is 5.91 Å². The van der Waals surface area contributed by atoms with Crippen LogP contribution in [0.4, 0.5) is 11.4 Å². The van der Waals surface area contributed by atoms with E-state index in [1.807, 2.05) is 20.8 Å². The number of hydrogen-bond acceptors (Lipinski definition) is 3. The number of hydrogen-bond donors (Lipinski definition) is 3. The van der Waals surface area contributed by atoms with Crippen LogP contribution in [0.2, 0.25) is 0 Å². The summed E-state index contributed by atoms with van der Waals surface area (Å²) in [6.07, 6.45) is 0. The minimum Gasteiger partial charge on any atom is -0.376 e. The van der Waals surface area contributed by atoms with E-state index in [0.717, 1.165) is 16.8 Å². The molecule has 5 nitrogen and oxygen atoms in total. The molecule has 0 bridgehead atoms. The third-order valence-electron chi connectivity index (χ3n) is 3.87. The lowest BCUT2D eigenvalue weighted by Gasteiger charge is -2.14. The van der Waals surface area contributed by atoms with E-state index in [0.29, 0.717) is 17.8 Å². The molecule has 0 radical (unpaired) electrons. The maximum absolute atomic E-state index is 12.1. The van der Waals surface area contributed by atoms with Crippen LogP contribution in [0.25, 0.3) is 0 Å². The Morgan fingerprint density at radius 2 is 1.56 bits per heavy atom. The molecule has 5 heteroatoms. The fourth-order valence-electron chi connectivity index (χ4n) is 2.80. The Bertz CT molecular complexity index is 744. The summed E-state index contributed by atoms with van der Waals surface area (Å²) in [6.45, 7) is 8.75. The quantitative estimate of drug-likeness (QED) is 0.755. The number of carbonyl (C=O) groups is 2. The van der Waals surface area contributed by atoms with Gasteiger partial charge in [-0.2, -0.15) is 0 Å². The minimum absolute atomic E-state index is 0.118. The Labute approximate surface area is 148 Å². The van der Waals surface area contributed by atoms with Crippen molar-refractivity contribution in [2.24, 2.45) is 0 Å². The normalized spacial score (nSPS) is 10.2. The molecule has 2 aromatic rings. The van der Waals surface area contributed by atoms with Crippen LogP contribution in [0.5, 0.6) is 0 Å². The Kier molecular flexibility index (Phi) is 6.17. The molecule has 0 aliphatic carbocycles. The summed E-state index contributed by atoms with van der Waals surface area (Å²) in [6, 6.07) is 11.0. The minimum atomic E-state index is -0.134. The van der Waals surface area contributed by atoms with Crippen molar-refractivity contribution >= 4 is 23.2 Å². The second-order valence-electron chi connectivity index (χ2n) is 6.11. The van der Waals surface area contributed by atoms with Gasteiger partial charge >= 0.3 is 0 Å². The summed E-state index contributed by atoms with van der Waals surface area (Å²) in [4.78, 5) is 23.9. The van der Waals surface area contributed by atoms with Gasteiger partial charge in [-0.1, -0.05) is 17.7 Å². The van der Waals surface area contributed by atoms with Gasteiger partial charge in [0, 0.05) is 23.5 Å². The molecular weight excluding hydrogens is 314 g/mol. The Hall–Kier alpha value is -2.82. The molecule has 0 heterocycles. The monoisotopic (exact) mass is 339 g/mol. The molecule has 25 heavy (non-hydrogen) atoms. The largest absolute Gasteiger partial charge is 0.376 e. The maximum Gasteiger partial charge on any atom is 0.251 e. The number of benzene rings is 2. The van der Waals surface area contributed by atoms with Crippen LogP contribution in [0.1, 0.15) is 34.0 Å². The molecule has 2 aromatic carbocycles. The fourth-order valence-corrected chi connectivity index (χ4v) is 2.80. The van der Waals surface area contributed by atoms with E-state index in [4.69, 9.17) is 0 Å². The highest BCUT2D eigenvalue weighted by atomic mass is 16.2. The first-order valence-electron chi connectivity index (χ1n) is 8.40. The third-order valence-corrected chi connectivity index (χ3v) is 3.87. The highest BCUT2D eigenvalue weighted by Gasteiger charge is 2.08. The van der Waals surface area contributed by atoms with Gasteiger partial charge in [-0.3, -0.25) is 9.59 Å². The summed E-state index contributed by atoms with van der Waals surface area (Å²) in [5.74, 6) is -0.252. The van der Waals surface area contributed by atoms with E-state index in [9.17, 15) is 9.59 Å². The first kappa shape index (κ1) is 18.5. The van der Waals surface area contributed by atoms with Crippen LogP contribution >= 0.6 is 0 Å². The number of anilines is 2. The van der Waals surface area contributed by atoms with E-state index in [2.05, 4.69) is 35.0 Å². The average molecular weight is 339 g/mol. The van der Waals surface area contributed by atoms with E-state index < -0.39 is 0 Å². The van der Waals surface area contributed by atoms with Crippen molar-refractivity contribution in [3.63, 3.8) is 0 Å². The van der Waals surface area contributed by atoms with Crippen molar-refractivity contribution in [3.05, 3.63) is 58.7 Å². The highest BCUT2D eigenvalue weighted by molar-refractivity contribution is 5.96. The van der Waals surface area contributed by atoms with Crippen molar-refractivity contribution in [1.82, 2.24) is 5.32 Å². The third kappa shape index (κ3) is 5.08.